The highest BCUT2D eigenvalue weighted by Crippen LogP contribution is 2.26. The number of hydrogen-bond donors (Lipinski definition) is 1. The Morgan fingerprint density at radius 2 is 2.00 bits per heavy atom. The second kappa shape index (κ2) is 6.80. The van der Waals surface area contributed by atoms with E-state index in [4.69, 9.17) is 4.74 Å². The predicted octanol–water partition coefficient (Wildman–Crippen LogP) is 4.00. The van der Waals surface area contributed by atoms with Crippen LogP contribution in [0.5, 0.6) is 5.75 Å². The fourth-order valence-corrected chi connectivity index (χ4v) is 1.91. The molecule has 19 heavy (non-hydrogen) atoms. The fraction of sp³-hybridized carbons (Fsp3) is 0.571. The van der Waals surface area contributed by atoms with E-state index >= 15 is 0 Å². The van der Waals surface area contributed by atoms with E-state index in [0.29, 0.717) is 6.54 Å². The molecule has 0 aliphatic heterocycles. The van der Waals surface area contributed by atoms with Crippen LogP contribution in [0.2, 0.25) is 0 Å². The molecule has 1 N–H and O–H groups in total. The zero-order valence-electron chi connectivity index (χ0n) is 11.5. The van der Waals surface area contributed by atoms with Gasteiger partial charge in [0.2, 0.25) is 0 Å². The van der Waals surface area contributed by atoms with Crippen LogP contribution in [0.15, 0.2) is 18.2 Å². The van der Waals surface area contributed by atoms with E-state index in [-0.39, 0.29) is 12.5 Å². The van der Waals surface area contributed by atoms with Crippen LogP contribution >= 0.6 is 0 Å². The summed E-state index contributed by atoms with van der Waals surface area (Å²) in [5, 5.41) is 3.09. The molecule has 0 saturated carbocycles. The van der Waals surface area contributed by atoms with Crippen LogP contribution in [0, 0.1) is 6.92 Å². The van der Waals surface area contributed by atoms with Crippen LogP contribution in [0.4, 0.5) is 13.2 Å². The van der Waals surface area contributed by atoms with Gasteiger partial charge in [-0.05, 0) is 32.9 Å². The second-order valence-corrected chi connectivity index (χ2v) is 4.64. The highest BCUT2D eigenvalue weighted by Gasteiger charge is 2.26. The van der Waals surface area contributed by atoms with Crippen LogP contribution in [0.25, 0.3) is 0 Å². The van der Waals surface area contributed by atoms with Gasteiger partial charge in [-0.3, -0.25) is 0 Å². The Morgan fingerprint density at radius 1 is 1.32 bits per heavy atom. The van der Waals surface area contributed by atoms with Gasteiger partial charge in [-0.2, -0.15) is 13.2 Å². The van der Waals surface area contributed by atoms with Crippen LogP contribution in [0.1, 0.15) is 36.9 Å². The summed E-state index contributed by atoms with van der Waals surface area (Å²) >= 11 is 0. The minimum atomic E-state index is -4.08. The van der Waals surface area contributed by atoms with Crippen LogP contribution < -0.4 is 10.1 Å². The third kappa shape index (κ3) is 5.51. The number of ether oxygens (including phenoxy) is 1. The van der Waals surface area contributed by atoms with Crippen molar-refractivity contribution < 1.29 is 17.9 Å². The van der Waals surface area contributed by atoms with E-state index in [0.717, 1.165) is 16.9 Å². The first-order valence-electron chi connectivity index (χ1n) is 6.28. The molecule has 0 radical (unpaired) electrons. The number of alkyl halides is 3. The van der Waals surface area contributed by atoms with Crippen molar-refractivity contribution in [3.63, 3.8) is 0 Å². The number of methoxy groups -OCH3 is 1. The van der Waals surface area contributed by atoms with Crippen molar-refractivity contribution in [1.29, 1.82) is 0 Å². The summed E-state index contributed by atoms with van der Waals surface area (Å²) in [6, 6.07) is 5.76. The van der Waals surface area contributed by atoms with Gasteiger partial charge >= 0.3 is 6.18 Å². The molecule has 1 aromatic carbocycles. The summed E-state index contributed by atoms with van der Waals surface area (Å²) in [5.41, 5.74) is 2.06. The van der Waals surface area contributed by atoms with E-state index in [1.807, 2.05) is 32.0 Å². The maximum absolute atomic E-state index is 12.0. The topological polar surface area (TPSA) is 21.3 Å². The molecule has 1 rings (SSSR count). The second-order valence-electron chi connectivity index (χ2n) is 4.64. The van der Waals surface area contributed by atoms with Gasteiger partial charge in [0.05, 0.1) is 7.11 Å². The summed E-state index contributed by atoms with van der Waals surface area (Å²) < 4.78 is 41.3. The Labute approximate surface area is 112 Å². The van der Waals surface area contributed by atoms with Crippen LogP contribution in [-0.4, -0.2) is 19.8 Å². The summed E-state index contributed by atoms with van der Waals surface area (Å²) in [4.78, 5) is 0. The molecule has 1 aromatic rings. The average Bonchev–Trinajstić information content (AvgIpc) is 2.33. The molecule has 0 saturated heterocycles. The largest absolute Gasteiger partial charge is 0.496 e. The maximum atomic E-state index is 12.0. The Bertz CT molecular complexity index is 404. The van der Waals surface area contributed by atoms with E-state index in [1.54, 1.807) is 7.11 Å². The van der Waals surface area contributed by atoms with E-state index in [9.17, 15) is 13.2 Å². The van der Waals surface area contributed by atoms with Gasteiger partial charge in [0.25, 0.3) is 0 Å². The molecule has 1 unspecified atom stereocenters. The van der Waals surface area contributed by atoms with Gasteiger partial charge in [-0.25, -0.2) is 0 Å². The molecular weight excluding hydrogens is 255 g/mol. The molecule has 0 amide bonds. The normalized spacial score (nSPS) is 13.4. The Morgan fingerprint density at radius 3 is 2.58 bits per heavy atom. The third-order valence-corrected chi connectivity index (χ3v) is 2.94. The Kier molecular flexibility index (Phi) is 5.66. The molecule has 0 fully saturated rings. The van der Waals surface area contributed by atoms with E-state index < -0.39 is 12.6 Å². The van der Waals surface area contributed by atoms with Gasteiger partial charge in [0, 0.05) is 18.0 Å². The fourth-order valence-electron chi connectivity index (χ4n) is 1.91. The Balaban J connectivity index is 2.53. The minimum absolute atomic E-state index is 0.0388. The van der Waals surface area contributed by atoms with E-state index in [2.05, 4.69) is 5.32 Å². The first kappa shape index (κ1) is 15.8. The average molecular weight is 275 g/mol. The highest BCUT2D eigenvalue weighted by atomic mass is 19.4. The van der Waals surface area contributed by atoms with Crippen LogP contribution in [0.3, 0.4) is 0 Å². The Hall–Kier alpha value is -1.23. The smallest absolute Gasteiger partial charge is 0.389 e. The van der Waals surface area contributed by atoms with Crippen molar-refractivity contribution in [1.82, 2.24) is 5.32 Å². The standard InChI is InChI=1S/C14H20F3NO/c1-10-5-6-13(19-3)12(9-10)11(2)18-8-4-7-14(15,16)17/h5-6,9,11,18H,4,7-8H2,1-3H3. The van der Waals surface area contributed by atoms with Crippen molar-refractivity contribution in [2.45, 2.75) is 38.9 Å². The monoisotopic (exact) mass is 275 g/mol. The molecule has 108 valence electrons. The lowest BCUT2D eigenvalue weighted by Crippen LogP contribution is -2.22. The maximum Gasteiger partial charge on any atom is 0.389 e. The van der Waals surface area contributed by atoms with Crippen molar-refractivity contribution in [2.24, 2.45) is 0 Å². The van der Waals surface area contributed by atoms with Gasteiger partial charge in [0.1, 0.15) is 5.75 Å². The van der Waals surface area contributed by atoms with Crippen molar-refractivity contribution in [3.05, 3.63) is 29.3 Å². The number of rotatable bonds is 6. The summed E-state index contributed by atoms with van der Waals surface area (Å²) in [6.45, 7) is 4.22. The minimum Gasteiger partial charge on any atom is -0.496 e. The van der Waals surface area contributed by atoms with Gasteiger partial charge in [-0.1, -0.05) is 17.7 Å². The molecular formula is C14H20F3NO. The van der Waals surface area contributed by atoms with Crippen molar-refractivity contribution in [3.8, 4) is 5.75 Å². The summed E-state index contributed by atoms with van der Waals surface area (Å²) in [5.74, 6) is 0.751. The van der Waals surface area contributed by atoms with Gasteiger partial charge in [-0.15, -0.1) is 0 Å². The molecule has 0 heterocycles. The quantitative estimate of drug-likeness (QED) is 0.792. The van der Waals surface area contributed by atoms with E-state index in [1.165, 1.54) is 0 Å². The zero-order chi connectivity index (χ0) is 14.5. The zero-order valence-corrected chi connectivity index (χ0v) is 11.5. The molecule has 5 heteroatoms. The highest BCUT2D eigenvalue weighted by molar-refractivity contribution is 5.38. The van der Waals surface area contributed by atoms with Gasteiger partial charge < -0.3 is 10.1 Å². The first-order chi connectivity index (χ1) is 8.83. The lowest BCUT2D eigenvalue weighted by Gasteiger charge is -2.18. The lowest BCUT2D eigenvalue weighted by atomic mass is 10.0. The van der Waals surface area contributed by atoms with Crippen molar-refractivity contribution >= 4 is 0 Å². The number of hydrogen-bond acceptors (Lipinski definition) is 2. The van der Waals surface area contributed by atoms with Crippen LogP contribution in [-0.2, 0) is 0 Å². The molecule has 2 nitrogen and oxygen atoms in total. The molecule has 0 spiro atoms. The first-order valence-corrected chi connectivity index (χ1v) is 6.28. The molecule has 0 bridgehead atoms. The molecule has 0 aliphatic rings. The van der Waals surface area contributed by atoms with Gasteiger partial charge in [0.15, 0.2) is 0 Å². The lowest BCUT2D eigenvalue weighted by molar-refractivity contribution is -0.135. The molecule has 0 aromatic heterocycles. The number of nitrogens with one attached hydrogen (secondary N) is 1. The predicted molar refractivity (Wildman–Crippen MR) is 69.4 cm³/mol. The molecule has 1 atom stereocenters. The summed E-state index contributed by atoms with van der Waals surface area (Å²) in [7, 11) is 1.59. The number of aryl methyl sites for hydroxylation is 1. The SMILES string of the molecule is COc1ccc(C)cc1C(C)NCCCC(F)(F)F. The third-order valence-electron chi connectivity index (χ3n) is 2.94. The number of halogens is 3. The number of benzene rings is 1. The molecule has 0 aliphatic carbocycles. The van der Waals surface area contributed by atoms with Crippen molar-refractivity contribution in [2.75, 3.05) is 13.7 Å². The summed E-state index contributed by atoms with van der Waals surface area (Å²) in [6.07, 6.45) is -4.74.